The number of ether oxygens (including phenoxy) is 1. The van der Waals surface area contributed by atoms with Crippen LogP contribution >= 0.6 is 0 Å². The lowest BCUT2D eigenvalue weighted by molar-refractivity contribution is -0.148. The van der Waals surface area contributed by atoms with Crippen molar-refractivity contribution in [3.63, 3.8) is 0 Å². The first-order valence-corrected chi connectivity index (χ1v) is 5.87. The Hall–Kier alpha value is -0.570. The number of carboxylic acids is 1. The molecule has 0 aromatic carbocycles. The quantitative estimate of drug-likeness (QED) is 0.765. The maximum Gasteiger partial charge on any atom is 0.309 e. The highest BCUT2D eigenvalue weighted by molar-refractivity contribution is 5.73. The monoisotopic (exact) mass is 214 g/mol. The number of hydrogen-bond acceptors (Lipinski definition) is 2. The molecule has 0 heterocycles. The lowest BCUT2D eigenvalue weighted by Crippen LogP contribution is -2.27. The molecular formula is C12H22O3. The van der Waals surface area contributed by atoms with E-state index in [-0.39, 0.29) is 0 Å². The van der Waals surface area contributed by atoms with E-state index in [0.717, 1.165) is 12.8 Å². The molecule has 0 aromatic rings. The minimum absolute atomic E-state index is 0.378. The number of aliphatic carboxylic acids is 1. The Kier molecular flexibility index (Phi) is 4.58. The van der Waals surface area contributed by atoms with Crippen LogP contribution in [-0.4, -0.2) is 23.8 Å². The molecule has 0 spiro atoms. The number of carboxylic acid groups (broad SMARTS) is 1. The van der Waals surface area contributed by atoms with Gasteiger partial charge in [-0.25, -0.2) is 0 Å². The van der Waals surface area contributed by atoms with Crippen molar-refractivity contribution in [2.24, 2.45) is 5.41 Å². The summed E-state index contributed by atoms with van der Waals surface area (Å²) in [4.78, 5) is 10.8. The standard InChI is InChI=1S/C12H22O3/c1-12(2,11(13)14)8-9-15-10-6-4-3-5-7-10/h10H,3-9H2,1-2H3,(H,13,14). The summed E-state index contributed by atoms with van der Waals surface area (Å²) in [6.45, 7) is 4.07. The maximum atomic E-state index is 10.8. The van der Waals surface area contributed by atoms with Crippen LogP contribution in [0.1, 0.15) is 52.4 Å². The molecule has 3 heteroatoms. The summed E-state index contributed by atoms with van der Waals surface area (Å²) >= 11 is 0. The number of hydrogen-bond donors (Lipinski definition) is 1. The van der Waals surface area contributed by atoms with E-state index in [1.54, 1.807) is 13.8 Å². The normalized spacial score (nSPS) is 19.1. The predicted octanol–water partition coefficient (Wildman–Crippen LogP) is 2.84. The van der Waals surface area contributed by atoms with Gasteiger partial charge in [0, 0.05) is 6.61 Å². The van der Waals surface area contributed by atoms with Crippen LogP contribution in [0, 0.1) is 5.41 Å². The summed E-state index contributed by atoms with van der Waals surface area (Å²) in [5.74, 6) is -0.741. The predicted molar refractivity (Wildman–Crippen MR) is 58.9 cm³/mol. The van der Waals surface area contributed by atoms with E-state index in [1.807, 2.05) is 0 Å². The summed E-state index contributed by atoms with van der Waals surface area (Å²) in [6, 6.07) is 0. The molecule has 1 aliphatic rings. The second-order valence-electron chi connectivity index (χ2n) is 5.07. The van der Waals surface area contributed by atoms with Crippen molar-refractivity contribution >= 4 is 5.97 Å². The Morgan fingerprint density at radius 3 is 2.47 bits per heavy atom. The molecule has 0 aromatic heterocycles. The van der Waals surface area contributed by atoms with E-state index in [2.05, 4.69) is 0 Å². The van der Waals surface area contributed by atoms with Gasteiger partial charge in [0.1, 0.15) is 0 Å². The molecule has 0 amide bonds. The topological polar surface area (TPSA) is 46.5 Å². The number of carbonyl (C=O) groups is 1. The SMILES string of the molecule is CC(C)(CCOC1CCCCC1)C(=O)O. The van der Waals surface area contributed by atoms with Crippen LogP contribution in [0.2, 0.25) is 0 Å². The third-order valence-electron chi connectivity index (χ3n) is 3.21. The molecule has 0 bridgehead atoms. The van der Waals surface area contributed by atoms with Gasteiger partial charge in [-0.15, -0.1) is 0 Å². The van der Waals surface area contributed by atoms with Crippen molar-refractivity contribution in [3.8, 4) is 0 Å². The van der Waals surface area contributed by atoms with E-state index < -0.39 is 11.4 Å². The van der Waals surface area contributed by atoms with Crippen molar-refractivity contribution in [2.75, 3.05) is 6.61 Å². The summed E-state index contributed by atoms with van der Waals surface area (Å²) in [5.41, 5.74) is -0.658. The van der Waals surface area contributed by atoms with Crippen LogP contribution in [-0.2, 0) is 9.53 Å². The summed E-state index contributed by atoms with van der Waals surface area (Å²) in [6.07, 6.45) is 7.10. The van der Waals surface area contributed by atoms with Crippen LogP contribution < -0.4 is 0 Å². The van der Waals surface area contributed by atoms with Crippen LogP contribution in [0.25, 0.3) is 0 Å². The van der Waals surface area contributed by atoms with Crippen molar-refractivity contribution in [3.05, 3.63) is 0 Å². The minimum Gasteiger partial charge on any atom is -0.481 e. The first kappa shape index (κ1) is 12.5. The lowest BCUT2D eigenvalue weighted by atomic mass is 9.90. The molecule has 1 aliphatic carbocycles. The van der Waals surface area contributed by atoms with Gasteiger partial charge in [0.15, 0.2) is 0 Å². The van der Waals surface area contributed by atoms with E-state index in [0.29, 0.717) is 19.1 Å². The summed E-state index contributed by atoms with van der Waals surface area (Å²) < 4.78 is 5.71. The molecule has 88 valence electrons. The van der Waals surface area contributed by atoms with Gasteiger partial charge in [-0.3, -0.25) is 4.79 Å². The Labute approximate surface area is 91.8 Å². The Morgan fingerprint density at radius 1 is 1.33 bits per heavy atom. The fourth-order valence-corrected chi connectivity index (χ4v) is 1.82. The first-order valence-electron chi connectivity index (χ1n) is 5.87. The summed E-state index contributed by atoms with van der Waals surface area (Å²) in [7, 11) is 0. The van der Waals surface area contributed by atoms with Crippen molar-refractivity contribution in [2.45, 2.75) is 58.5 Å². The average molecular weight is 214 g/mol. The molecule has 0 unspecified atom stereocenters. The summed E-state index contributed by atoms with van der Waals surface area (Å²) in [5, 5.41) is 8.92. The zero-order chi connectivity index (χ0) is 11.3. The zero-order valence-electron chi connectivity index (χ0n) is 9.79. The fourth-order valence-electron chi connectivity index (χ4n) is 1.82. The molecule has 0 radical (unpaired) electrons. The largest absolute Gasteiger partial charge is 0.481 e. The third kappa shape index (κ3) is 4.20. The molecule has 0 saturated heterocycles. The van der Waals surface area contributed by atoms with Crippen LogP contribution in [0.3, 0.4) is 0 Å². The van der Waals surface area contributed by atoms with E-state index >= 15 is 0 Å². The molecule has 1 fully saturated rings. The lowest BCUT2D eigenvalue weighted by Gasteiger charge is -2.24. The molecule has 3 nitrogen and oxygen atoms in total. The van der Waals surface area contributed by atoms with Gasteiger partial charge in [-0.05, 0) is 33.1 Å². The molecular weight excluding hydrogens is 192 g/mol. The Balaban J connectivity index is 2.17. The zero-order valence-corrected chi connectivity index (χ0v) is 9.79. The second-order valence-corrected chi connectivity index (χ2v) is 5.07. The van der Waals surface area contributed by atoms with E-state index in [9.17, 15) is 4.79 Å². The van der Waals surface area contributed by atoms with Crippen LogP contribution in [0.5, 0.6) is 0 Å². The van der Waals surface area contributed by atoms with Gasteiger partial charge in [0.25, 0.3) is 0 Å². The molecule has 15 heavy (non-hydrogen) atoms. The smallest absolute Gasteiger partial charge is 0.309 e. The van der Waals surface area contributed by atoms with E-state index in [4.69, 9.17) is 9.84 Å². The molecule has 1 saturated carbocycles. The fraction of sp³-hybridized carbons (Fsp3) is 0.917. The Morgan fingerprint density at radius 2 is 1.93 bits per heavy atom. The third-order valence-corrected chi connectivity index (χ3v) is 3.21. The van der Waals surface area contributed by atoms with Gasteiger partial charge in [0.2, 0.25) is 0 Å². The van der Waals surface area contributed by atoms with Crippen molar-refractivity contribution < 1.29 is 14.6 Å². The molecule has 1 rings (SSSR count). The van der Waals surface area contributed by atoms with Crippen molar-refractivity contribution in [1.82, 2.24) is 0 Å². The maximum absolute atomic E-state index is 10.8. The highest BCUT2D eigenvalue weighted by Gasteiger charge is 2.27. The van der Waals surface area contributed by atoms with Gasteiger partial charge in [-0.2, -0.15) is 0 Å². The van der Waals surface area contributed by atoms with Crippen molar-refractivity contribution in [1.29, 1.82) is 0 Å². The molecule has 0 atom stereocenters. The van der Waals surface area contributed by atoms with Gasteiger partial charge in [-0.1, -0.05) is 19.3 Å². The van der Waals surface area contributed by atoms with Gasteiger partial charge < -0.3 is 9.84 Å². The van der Waals surface area contributed by atoms with E-state index in [1.165, 1.54) is 19.3 Å². The number of rotatable bonds is 5. The molecule has 1 N–H and O–H groups in total. The Bertz CT molecular complexity index is 205. The average Bonchev–Trinajstić information content (AvgIpc) is 2.19. The van der Waals surface area contributed by atoms with Crippen LogP contribution in [0.15, 0.2) is 0 Å². The second kappa shape index (κ2) is 5.50. The highest BCUT2D eigenvalue weighted by Crippen LogP contribution is 2.24. The first-order chi connectivity index (χ1) is 7.02. The van der Waals surface area contributed by atoms with Gasteiger partial charge >= 0.3 is 5.97 Å². The van der Waals surface area contributed by atoms with Crippen LogP contribution in [0.4, 0.5) is 0 Å². The highest BCUT2D eigenvalue weighted by atomic mass is 16.5. The molecule has 0 aliphatic heterocycles. The van der Waals surface area contributed by atoms with Gasteiger partial charge in [0.05, 0.1) is 11.5 Å². The minimum atomic E-state index is -0.741.